The van der Waals surface area contributed by atoms with Gasteiger partial charge >= 0.3 is 0 Å². The second kappa shape index (κ2) is 6.80. The molecule has 1 aliphatic rings. The highest BCUT2D eigenvalue weighted by molar-refractivity contribution is 7.11. The van der Waals surface area contributed by atoms with Crippen molar-refractivity contribution < 1.29 is 9.21 Å². The van der Waals surface area contributed by atoms with Crippen molar-refractivity contribution in [2.75, 3.05) is 26.2 Å². The van der Waals surface area contributed by atoms with E-state index in [9.17, 15) is 4.79 Å². The molecule has 23 heavy (non-hydrogen) atoms. The minimum absolute atomic E-state index is 0.106. The Morgan fingerprint density at radius 1 is 1.22 bits per heavy atom. The molecule has 0 radical (unpaired) electrons. The molecule has 7 heteroatoms. The van der Waals surface area contributed by atoms with E-state index >= 15 is 0 Å². The molecule has 0 aromatic carbocycles. The fraction of sp³-hybridized carbons (Fsp3) is 0.562. The van der Waals surface area contributed by atoms with Crippen LogP contribution in [-0.4, -0.2) is 51.9 Å². The minimum Gasteiger partial charge on any atom is -0.444 e. The Balaban J connectivity index is 1.61. The van der Waals surface area contributed by atoms with Crippen LogP contribution in [0.5, 0.6) is 0 Å². The van der Waals surface area contributed by atoms with Crippen molar-refractivity contribution >= 4 is 17.2 Å². The summed E-state index contributed by atoms with van der Waals surface area (Å²) in [6, 6.07) is 0. The lowest BCUT2D eigenvalue weighted by Crippen LogP contribution is -2.35. The van der Waals surface area contributed by atoms with Crippen LogP contribution >= 0.6 is 11.3 Å². The summed E-state index contributed by atoms with van der Waals surface area (Å²) >= 11 is 1.42. The topological polar surface area (TPSA) is 62.5 Å². The van der Waals surface area contributed by atoms with E-state index in [0.29, 0.717) is 6.54 Å². The summed E-state index contributed by atoms with van der Waals surface area (Å²) in [6.07, 6.45) is 0.961. The van der Waals surface area contributed by atoms with Gasteiger partial charge in [-0.05, 0) is 27.2 Å². The smallest absolute Gasteiger partial charge is 0.265 e. The van der Waals surface area contributed by atoms with Crippen LogP contribution in [0.2, 0.25) is 0 Å². The van der Waals surface area contributed by atoms with E-state index in [2.05, 4.69) is 14.9 Å². The fourth-order valence-electron chi connectivity index (χ4n) is 2.78. The molecule has 3 heterocycles. The Morgan fingerprint density at radius 2 is 2.04 bits per heavy atom. The maximum absolute atomic E-state index is 12.6. The molecule has 1 fully saturated rings. The summed E-state index contributed by atoms with van der Waals surface area (Å²) in [5, 5.41) is 0. The molecule has 0 spiro atoms. The molecule has 0 aliphatic carbocycles. The molecule has 1 saturated heterocycles. The first kappa shape index (κ1) is 16.1. The Hall–Kier alpha value is -1.73. The van der Waals surface area contributed by atoms with Gasteiger partial charge < -0.3 is 9.32 Å². The normalized spacial score (nSPS) is 16.6. The van der Waals surface area contributed by atoms with Crippen LogP contribution < -0.4 is 0 Å². The number of aryl methyl sites for hydroxylation is 3. The molecule has 0 bridgehead atoms. The molecular formula is C16H22N4O2S. The first-order valence-corrected chi connectivity index (χ1v) is 8.77. The highest BCUT2D eigenvalue weighted by Gasteiger charge is 2.23. The summed E-state index contributed by atoms with van der Waals surface area (Å²) in [7, 11) is 0. The van der Waals surface area contributed by atoms with Crippen LogP contribution in [0.15, 0.2) is 9.93 Å². The van der Waals surface area contributed by atoms with Gasteiger partial charge in [0.2, 0.25) is 5.89 Å². The van der Waals surface area contributed by atoms with E-state index in [0.717, 1.165) is 60.5 Å². The zero-order valence-corrected chi connectivity index (χ0v) is 14.7. The molecule has 2 aromatic rings. The Kier molecular flexibility index (Phi) is 4.77. The molecule has 0 N–H and O–H groups in total. The highest BCUT2D eigenvalue weighted by atomic mass is 32.1. The van der Waals surface area contributed by atoms with Crippen LogP contribution in [-0.2, 0) is 6.54 Å². The number of carbonyl (C=O) groups is 1. The van der Waals surface area contributed by atoms with E-state index in [4.69, 9.17) is 4.42 Å². The Morgan fingerprint density at radius 3 is 2.70 bits per heavy atom. The molecule has 6 nitrogen and oxygen atoms in total. The number of carbonyl (C=O) groups excluding carboxylic acids is 1. The maximum atomic E-state index is 12.6. The second-order valence-electron chi connectivity index (χ2n) is 5.94. The molecule has 2 aromatic heterocycles. The van der Waals surface area contributed by atoms with Gasteiger partial charge in [-0.25, -0.2) is 9.97 Å². The average Bonchev–Trinajstić information content (AvgIpc) is 2.98. The summed E-state index contributed by atoms with van der Waals surface area (Å²) in [5.41, 5.74) is 3.51. The van der Waals surface area contributed by atoms with Crippen molar-refractivity contribution in [2.45, 2.75) is 33.7 Å². The predicted octanol–water partition coefficient (Wildman–Crippen LogP) is 2.40. The van der Waals surface area contributed by atoms with Crippen LogP contribution in [0, 0.1) is 20.8 Å². The van der Waals surface area contributed by atoms with Crippen LogP contribution in [0.4, 0.5) is 0 Å². The zero-order chi connectivity index (χ0) is 16.4. The largest absolute Gasteiger partial charge is 0.444 e. The van der Waals surface area contributed by atoms with Gasteiger partial charge in [-0.1, -0.05) is 0 Å². The summed E-state index contributed by atoms with van der Waals surface area (Å²) in [4.78, 5) is 26.2. The number of hydrogen-bond acceptors (Lipinski definition) is 6. The maximum Gasteiger partial charge on any atom is 0.265 e. The molecular weight excluding hydrogens is 312 g/mol. The van der Waals surface area contributed by atoms with Crippen LogP contribution in [0.25, 0.3) is 0 Å². The fourth-order valence-corrected chi connectivity index (χ4v) is 3.55. The molecule has 124 valence electrons. The summed E-state index contributed by atoms with van der Waals surface area (Å²) < 4.78 is 5.67. The molecule has 0 unspecified atom stereocenters. The number of nitrogens with zero attached hydrogens (tertiary/aromatic N) is 4. The van der Waals surface area contributed by atoms with E-state index < -0.39 is 0 Å². The van der Waals surface area contributed by atoms with Gasteiger partial charge in [0.05, 0.1) is 23.4 Å². The van der Waals surface area contributed by atoms with E-state index in [1.54, 1.807) is 5.51 Å². The van der Waals surface area contributed by atoms with E-state index in [1.165, 1.54) is 11.3 Å². The first-order chi connectivity index (χ1) is 11.0. The number of thiazole rings is 1. The third-order valence-electron chi connectivity index (χ3n) is 4.25. The predicted molar refractivity (Wildman–Crippen MR) is 88.6 cm³/mol. The van der Waals surface area contributed by atoms with Crippen molar-refractivity contribution in [3.8, 4) is 0 Å². The zero-order valence-electron chi connectivity index (χ0n) is 13.8. The van der Waals surface area contributed by atoms with Gasteiger partial charge in [0, 0.05) is 26.2 Å². The second-order valence-corrected chi connectivity index (χ2v) is 6.79. The third kappa shape index (κ3) is 3.61. The van der Waals surface area contributed by atoms with Crippen LogP contribution in [0.3, 0.4) is 0 Å². The van der Waals surface area contributed by atoms with E-state index in [1.807, 2.05) is 25.7 Å². The van der Waals surface area contributed by atoms with Gasteiger partial charge in [-0.15, -0.1) is 11.3 Å². The van der Waals surface area contributed by atoms with Gasteiger partial charge in [0.25, 0.3) is 5.91 Å². The van der Waals surface area contributed by atoms with Gasteiger partial charge in [-0.2, -0.15) is 0 Å². The first-order valence-electron chi connectivity index (χ1n) is 7.89. The number of aromatic nitrogens is 2. The number of amides is 1. The van der Waals surface area contributed by atoms with Crippen molar-refractivity contribution in [3.63, 3.8) is 0 Å². The average molecular weight is 334 g/mol. The summed E-state index contributed by atoms with van der Waals surface area (Å²) in [6.45, 7) is 9.80. The Labute approximate surface area is 140 Å². The quantitative estimate of drug-likeness (QED) is 0.862. The Bertz CT molecular complexity index is 675. The van der Waals surface area contributed by atoms with Gasteiger partial charge in [-0.3, -0.25) is 9.69 Å². The number of oxazole rings is 1. The SMILES string of the molecule is Cc1nc(CN2CCCN(C(=O)c3scnc3C)CC2)oc1C. The number of rotatable bonds is 3. The van der Waals surface area contributed by atoms with Gasteiger partial charge in [0.1, 0.15) is 10.6 Å². The van der Waals surface area contributed by atoms with Gasteiger partial charge in [0.15, 0.2) is 0 Å². The standard InChI is InChI=1S/C16H22N4O2S/c1-11-13(3)22-14(18-11)9-19-5-4-6-20(8-7-19)16(21)15-12(2)17-10-23-15/h10H,4-9H2,1-3H3. The van der Waals surface area contributed by atoms with Crippen molar-refractivity contribution in [1.29, 1.82) is 0 Å². The van der Waals surface area contributed by atoms with E-state index in [-0.39, 0.29) is 5.91 Å². The third-order valence-corrected chi connectivity index (χ3v) is 5.16. The summed E-state index contributed by atoms with van der Waals surface area (Å²) in [5.74, 6) is 1.75. The molecule has 0 saturated carbocycles. The highest BCUT2D eigenvalue weighted by Crippen LogP contribution is 2.17. The monoisotopic (exact) mass is 334 g/mol. The van der Waals surface area contributed by atoms with Crippen LogP contribution in [0.1, 0.15) is 39.1 Å². The minimum atomic E-state index is 0.106. The lowest BCUT2D eigenvalue weighted by atomic mass is 10.3. The van der Waals surface area contributed by atoms with Crippen molar-refractivity contribution in [3.05, 3.63) is 33.4 Å². The molecule has 1 aliphatic heterocycles. The number of hydrogen-bond donors (Lipinski definition) is 0. The lowest BCUT2D eigenvalue weighted by molar-refractivity contribution is 0.0764. The van der Waals surface area contributed by atoms with Crippen molar-refractivity contribution in [1.82, 2.24) is 19.8 Å². The lowest BCUT2D eigenvalue weighted by Gasteiger charge is -2.20. The molecule has 1 amide bonds. The molecule has 0 atom stereocenters. The van der Waals surface area contributed by atoms with Crippen molar-refractivity contribution in [2.24, 2.45) is 0 Å². The molecule has 3 rings (SSSR count).